The molecule has 0 spiro atoms. The van der Waals surface area contributed by atoms with Gasteiger partial charge in [0.05, 0.1) is 34.5 Å². The number of para-hydroxylation sites is 1. The van der Waals surface area contributed by atoms with Crippen LogP contribution in [0.1, 0.15) is 24.1 Å². The van der Waals surface area contributed by atoms with Gasteiger partial charge in [0.15, 0.2) is 0 Å². The highest BCUT2D eigenvalue weighted by Crippen LogP contribution is 2.27. The lowest BCUT2D eigenvalue weighted by Gasteiger charge is -2.22. The van der Waals surface area contributed by atoms with Gasteiger partial charge >= 0.3 is 0 Å². The Morgan fingerprint density at radius 1 is 1.25 bits per heavy atom. The Morgan fingerprint density at radius 2 is 2.06 bits per heavy atom. The first kappa shape index (κ1) is 20.5. The molecule has 2 aromatic carbocycles. The van der Waals surface area contributed by atoms with Crippen molar-refractivity contribution in [2.75, 3.05) is 6.54 Å². The Kier molecular flexibility index (Phi) is 5.30. The number of nitrogens with zero attached hydrogens (tertiary/aromatic N) is 4. The molecule has 1 aliphatic rings. The second kappa shape index (κ2) is 8.27. The minimum Gasteiger partial charge on any atom is -0.350 e. The van der Waals surface area contributed by atoms with Crippen LogP contribution in [0.3, 0.4) is 0 Å². The van der Waals surface area contributed by atoms with Gasteiger partial charge in [0.1, 0.15) is 6.54 Å². The van der Waals surface area contributed by atoms with Gasteiger partial charge < -0.3 is 10.2 Å². The van der Waals surface area contributed by atoms with Crippen LogP contribution in [0.5, 0.6) is 0 Å². The second-order valence-electron chi connectivity index (χ2n) is 8.20. The van der Waals surface area contributed by atoms with Crippen LogP contribution in [0.15, 0.2) is 42.6 Å². The summed E-state index contributed by atoms with van der Waals surface area (Å²) in [7, 11) is 0. The van der Waals surface area contributed by atoms with Crippen molar-refractivity contribution >= 4 is 45.2 Å². The predicted octanol–water partition coefficient (Wildman–Crippen LogP) is 3.18. The minimum atomic E-state index is -0.201. The lowest BCUT2D eigenvalue weighted by molar-refractivity contribution is -0.137. The Hall–Kier alpha value is -3.39. The summed E-state index contributed by atoms with van der Waals surface area (Å²) in [5.74, 6) is -0.301. The number of aryl methyl sites for hydroxylation is 1. The SMILES string of the molecule is Cc1nn(CC(=O)N(CC(=O)NCc2cc(Cl)c3cn[nH]c3c2)C2CC2)c2ccccc12. The molecule has 32 heavy (non-hydrogen) atoms. The summed E-state index contributed by atoms with van der Waals surface area (Å²) in [6.07, 6.45) is 3.51. The predicted molar refractivity (Wildman–Crippen MR) is 122 cm³/mol. The average Bonchev–Trinajstić information content (AvgIpc) is 3.42. The summed E-state index contributed by atoms with van der Waals surface area (Å²) >= 11 is 6.28. The van der Waals surface area contributed by atoms with Crippen LogP contribution >= 0.6 is 11.6 Å². The van der Waals surface area contributed by atoms with Crippen LogP contribution in [0.25, 0.3) is 21.8 Å². The first-order valence-corrected chi connectivity index (χ1v) is 11.0. The first-order chi connectivity index (χ1) is 15.5. The Morgan fingerprint density at radius 3 is 2.88 bits per heavy atom. The fraction of sp³-hybridized carbons (Fsp3) is 0.304. The van der Waals surface area contributed by atoms with E-state index in [1.807, 2.05) is 43.3 Å². The van der Waals surface area contributed by atoms with Crippen LogP contribution in [0, 0.1) is 6.92 Å². The topological polar surface area (TPSA) is 95.9 Å². The Balaban J connectivity index is 1.24. The van der Waals surface area contributed by atoms with E-state index in [0.717, 1.165) is 45.9 Å². The van der Waals surface area contributed by atoms with E-state index in [2.05, 4.69) is 20.6 Å². The standard InChI is InChI=1S/C23H23ClN6O2/c1-14-17-4-2-3-5-21(17)30(28-14)13-23(32)29(16-6-7-16)12-22(31)25-10-15-8-19(24)18-11-26-27-20(18)9-15/h2-5,8-9,11,16H,6-7,10,12-13H2,1H3,(H,25,31)(H,26,27). The van der Waals surface area contributed by atoms with Crippen LogP contribution in [0.2, 0.25) is 5.02 Å². The maximum Gasteiger partial charge on any atom is 0.245 e. The van der Waals surface area contributed by atoms with E-state index in [1.54, 1.807) is 15.8 Å². The number of hydrogen-bond acceptors (Lipinski definition) is 4. The monoisotopic (exact) mass is 450 g/mol. The van der Waals surface area contributed by atoms with Crippen molar-refractivity contribution in [1.82, 2.24) is 30.2 Å². The molecule has 0 bridgehead atoms. The molecular formula is C23H23ClN6O2. The van der Waals surface area contributed by atoms with Crippen LogP contribution in [0.4, 0.5) is 0 Å². The number of rotatable bonds is 7. The molecule has 0 saturated heterocycles. The quantitative estimate of drug-likeness (QED) is 0.452. The number of hydrogen-bond donors (Lipinski definition) is 2. The molecule has 5 rings (SSSR count). The van der Waals surface area contributed by atoms with Gasteiger partial charge in [-0.1, -0.05) is 29.8 Å². The van der Waals surface area contributed by atoms with Crippen LogP contribution < -0.4 is 5.32 Å². The van der Waals surface area contributed by atoms with Gasteiger partial charge in [-0.15, -0.1) is 0 Å². The first-order valence-electron chi connectivity index (χ1n) is 10.6. The molecule has 2 heterocycles. The third kappa shape index (κ3) is 4.05. The normalized spacial score (nSPS) is 13.6. The van der Waals surface area contributed by atoms with Crippen molar-refractivity contribution in [3.05, 3.63) is 58.9 Å². The van der Waals surface area contributed by atoms with E-state index >= 15 is 0 Å². The Labute approximate surface area is 189 Å². The van der Waals surface area contributed by atoms with E-state index in [9.17, 15) is 9.59 Å². The van der Waals surface area contributed by atoms with Gasteiger partial charge in [-0.2, -0.15) is 10.2 Å². The van der Waals surface area contributed by atoms with Gasteiger partial charge in [0, 0.05) is 23.4 Å². The highest BCUT2D eigenvalue weighted by atomic mass is 35.5. The van der Waals surface area contributed by atoms with Crippen molar-refractivity contribution in [2.24, 2.45) is 0 Å². The summed E-state index contributed by atoms with van der Waals surface area (Å²) in [6, 6.07) is 11.7. The molecule has 0 radical (unpaired) electrons. The maximum absolute atomic E-state index is 13.1. The second-order valence-corrected chi connectivity index (χ2v) is 8.61. The number of nitrogens with one attached hydrogen (secondary N) is 2. The van der Waals surface area contributed by atoms with E-state index < -0.39 is 0 Å². The fourth-order valence-electron chi connectivity index (χ4n) is 4.02. The number of carbonyl (C=O) groups excluding carboxylic acids is 2. The third-order valence-corrected chi connectivity index (χ3v) is 6.12. The summed E-state index contributed by atoms with van der Waals surface area (Å²) in [4.78, 5) is 27.4. The van der Waals surface area contributed by atoms with Gasteiger partial charge in [-0.25, -0.2) is 0 Å². The number of carbonyl (C=O) groups is 2. The van der Waals surface area contributed by atoms with Gasteiger partial charge in [0.2, 0.25) is 11.8 Å². The minimum absolute atomic E-state index is 0.0295. The number of benzene rings is 2. The number of fused-ring (bicyclic) bond motifs is 2. The largest absolute Gasteiger partial charge is 0.350 e. The highest BCUT2D eigenvalue weighted by Gasteiger charge is 2.34. The third-order valence-electron chi connectivity index (χ3n) is 5.81. The van der Waals surface area contributed by atoms with Crippen molar-refractivity contribution in [3.63, 3.8) is 0 Å². The van der Waals surface area contributed by atoms with E-state index in [-0.39, 0.29) is 30.9 Å². The molecule has 164 valence electrons. The van der Waals surface area contributed by atoms with Crippen LogP contribution in [-0.4, -0.2) is 49.3 Å². The maximum atomic E-state index is 13.1. The van der Waals surface area contributed by atoms with E-state index in [4.69, 9.17) is 11.6 Å². The summed E-state index contributed by atoms with van der Waals surface area (Å²) in [5.41, 5.74) is 3.49. The van der Waals surface area contributed by atoms with Crippen molar-refractivity contribution < 1.29 is 9.59 Å². The zero-order chi connectivity index (χ0) is 22.2. The molecule has 8 nitrogen and oxygen atoms in total. The molecule has 0 aliphatic heterocycles. The lowest BCUT2D eigenvalue weighted by Crippen LogP contribution is -2.43. The van der Waals surface area contributed by atoms with E-state index in [1.165, 1.54) is 0 Å². The summed E-state index contributed by atoms with van der Waals surface area (Å²) < 4.78 is 1.72. The molecule has 2 N–H and O–H groups in total. The summed E-state index contributed by atoms with van der Waals surface area (Å²) in [5, 5.41) is 16.8. The van der Waals surface area contributed by atoms with Gasteiger partial charge in [-0.3, -0.25) is 19.4 Å². The molecule has 1 fully saturated rings. The molecule has 1 aliphatic carbocycles. The molecule has 4 aromatic rings. The Bertz CT molecular complexity index is 1320. The van der Waals surface area contributed by atoms with Crippen LogP contribution in [-0.2, 0) is 22.7 Å². The number of aromatic nitrogens is 4. The van der Waals surface area contributed by atoms with Gasteiger partial charge in [-0.05, 0) is 43.5 Å². The van der Waals surface area contributed by atoms with Crippen molar-refractivity contribution in [1.29, 1.82) is 0 Å². The van der Waals surface area contributed by atoms with Gasteiger partial charge in [0.25, 0.3) is 0 Å². The van der Waals surface area contributed by atoms with Crippen molar-refractivity contribution in [3.8, 4) is 0 Å². The molecule has 2 aromatic heterocycles. The van der Waals surface area contributed by atoms with E-state index in [0.29, 0.717) is 11.6 Å². The molecule has 0 unspecified atom stereocenters. The smallest absolute Gasteiger partial charge is 0.245 e. The molecule has 9 heteroatoms. The highest BCUT2D eigenvalue weighted by molar-refractivity contribution is 6.35. The summed E-state index contributed by atoms with van der Waals surface area (Å²) in [6.45, 7) is 2.40. The zero-order valence-corrected chi connectivity index (χ0v) is 18.4. The number of halogens is 1. The molecule has 2 amide bonds. The number of amides is 2. The fourth-order valence-corrected chi connectivity index (χ4v) is 4.31. The number of H-pyrrole nitrogens is 1. The number of aromatic amines is 1. The molecule has 1 saturated carbocycles. The average molecular weight is 451 g/mol. The molecule has 0 atom stereocenters. The lowest BCUT2D eigenvalue weighted by atomic mass is 10.1. The van der Waals surface area contributed by atoms with Crippen molar-refractivity contribution in [2.45, 2.75) is 38.9 Å². The zero-order valence-electron chi connectivity index (χ0n) is 17.6. The molecular weight excluding hydrogens is 428 g/mol.